The first kappa shape index (κ1) is 21.0. The summed E-state index contributed by atoms with van der Waals surface area (Å²) in [4.78, 5) is 8.83. The van der Waals surface area contributed by atoms with Gasteiger partial charge in [0, 0.05) is 29.3 Å². The molecule has 1 aromatic carbocycles. The zero-order valence-electron chi connectivity index (χ0n) is 17.3. The monoisotopic (exact) mass is 461 g/mol. The van der Waals surface area contributed by atoms with Crippen LogP contribution in [0.2, 0.25) is 0 Å². The fourth-order valence-electron chi connectivity index (χ4n) is 4.72. The van der Waals surface area contributed by atoms with Gasteiger partial charge >= 0.3 is 0 Å². The van der Waals surface area contributed by atoms with Crippen molar-refractivity contribution in [3.05, 3.63) is 65.6 Å². The molecule has 7 nitrogen and oxygen atoms in total. The van der Waals surface area contributed by atoms with Gasteiger partial charge in [-0.15, -0.1) is 0 Å². The van der Waals surface area contributed by atoms with E-state index in [0.717, 1.165) is 12.5 Å². The van der Waals surface area contributed by atoms with E-state index in [1.54, 1.807) is 12.1 Å². The van der Waals surface area contributed by atoms with Gasteiger partial charge in [0.05, 0.1) is 17.9 Å². The highest BCUT2D eigenvalue weighted by atomic mass is 32.2. The van der Waals surface area contributed by atoms with Gasteiger partial charge in [0.2, 0.25) is 15.9 Å². The number of sulfonamides is 1. The van der Waals surface area contributed by atoms with Crippen molar-refractivity contribution >= 4 is 10.0 Å². The molecule has 5 rings (SSSR count). The van der Waals surface area contributed by atoms with Crippen LogP contribution in [0.5, 0.6) is 5.75 Å². The van der Waals surface area contributed by atoms with Crippen molar-refractivity contribution in [3.63, 3.8) is 0 Å². The summed E-state index contributed by atoms with van der Waals surface area (Å²) in [5, 5.41) is 0. The van der Waals surface area contributed by atoms with Gasteiger partial charge in [-0.1, -0.05) is 12.1 Å². The lowest BCUT2D eigenvalue weighted by Gasteiger charge is -2.26. The molecule has 1 spiro atoms. The molecule has 10 heteroatoms. The van der Waals surface area contributed by atoms with E-state index in [9.17, 15) is 17.2 Å². The lowest BCUT2D eigenvalue weighted by molar-refractivity contribution is 0.286. The first-order chi connectivity index (χ1) is 15.2. The van der Waals surface area contributed by atoms with E-state index in [2.05, 4.69) is 14.7 Å². The number of pyridine rings is 1. The third-order valence-corrected chi connectivity index (χ3v) is 6.81. The number of halogens is 2. The van der Waals surface area contributed by atoms with Crippen LogP contribution in [-0.4, -0.2) is 30.7 Å². The molecule has 1 aliphatic carbocycles. The van der Waals surface area contributed by atoms with E-state index in [0.29, 0.717) is 43.0 Å². The topological polar surface area (TPSA) is 94.3 Å². The first-order valence-electron chi connectivity index (χ1n) is 10.2. The molecular weight excluding hydrogens is 440 g/mol. The van der Waals surface area contributed by atoms with E-state index in [4.69, 9.17) is 9.15 Å². The van der Waals surface area contributed by atoms with E-state index in [-0.39, 0.29) is 29.5 Å². The largest absolute Gasteiger partial charge is 0.483 e. The Labute approximate surface area is 183 Å². The fourth-order valence-corrected chi connectivity index (χ4v) is 5.53. The number of nitrogens with zero attached hydrogens (tertiary/aromatic N) is 2. The predicted octanol–water partition coefficient (Wildman–Crippen LogP) is 3.49. The Hall–Kier alpha value is -2.85. The third-order valence-electron chi connectivity index (χ3n) is 6.05. The molecule has 0 saturated heterocycles. The molecule has 168 valence electrons. The average Bonchev–Trinajstić information content (AvgIpc) is 3.35. The first-order valence-corrected chi connectivity index (χ1v) is 12.1. The Morgan fingerprint density at radius 3 is 2.84 bits per heavy atom. The summed E-state index contributed by atoms with van der Waals surface area (Å²) in [6, 6.07) is 5.65. The standard InChI is InChI=1S/C22H21F2N3O4S/c1-32(28,29)27-13-5-6-22(8-13)9-14-7-17(19(24)10-25-14)16-3-2-4-18(23)20(16)30-11-15-12-31-21(22)26-15/h2-4,7,10,12-13,27H,5-6,8-9,11H2,1H3/t13-,22-/m0/s1. The van der Waals surface area contributed by atoms with Crippen LogP contribution in [0.3, 0.4) is 0 Å². The zero-order chi connectivity index (χ0) is 22.5. The number of fused-ring (bicyclic) bond motifs is 7. The number of nitrogens with one attached hydrogen (secondary N) is 1. The second kappa shape index (κ2) is 7.63. The van der Waals surface area contributed by atoms with Crippen LogP contribution in [0, 0.1) is 11.6 Å². The summed E-state index contributed by atoms with van der Waals surface area (Å²) >= 11 is 0. The Morgan fingerprint density at radius 1 is 1.19 bits per heavy atom. The molecule has 1 aliphatic heterocycles. The summed E-state index contributed by atoms with van der Waals surface area (Å²) in [6.45, 7) is -0.0574. The number of para-hydroxylation sites is 1. The Balaban J connectivity index is 1.62. The van der Waals surface area contributed by atoms with Crippen molar-refractivity contribution < 1.29 is 26.4 Å². The van der Waals surface area contributed by atoms with Gasteiger partial charge < -0.3 is 9.15 Å². The molecule has 1 N–H and O–H groups in total. The molecule has 3 heterocycles. The van der Waals surface area contributed by atoms with Gasteiger partial charge in [-0.2, -0.15) is 0 Å². The number of hydrogen-bond acceptors (Lipinski definition) is 6. The summed E-state index contributed by atoms with van der Waals surface area (Å²) in [5.41, 5.74) is 0.885. The molecule has 2 atom stereocenters. The number of hydrogen-bond donors (Lipinski definition) is 1. The van der Waals surface area contributed by atoms with Crippen molar-refractivity contribution in [2.45, 2.75) is 43.7 Å². The smallest absolute Gasteiger partial charge is 0.208 e. The lowest BCUT2D eigenvalue weighted by atomic mass is 9.80. The average molecular weight is 461 g/mol. The van der Waals surface area contributed by atoms with Crippen LogP contribution in [-0.2, 0) is 28.5 Å². The second-order valence-electron chi connectivity index (χ2n) is 8.49. The normalized spacial score (nSPS) is 22.7. The molecular formula is C22H21F2N3O4S. The minimum atomic E-state index is -3.38. The maximum absolute atomic E-state index is 14.7. The van der Waals surface area contributed by atoms with E-state index in [1.165, 1.54) is 18.4 Å². The van der Waals surface area contributed by atoms with Crippen LogP contribution >= 0.6 is 0 Å². The molecule has 0 amide bonds. The number of oxazole rings is 1. The van der Waals surface area contributed by atoms with Gasteiger partial charge in [0.15, 0.2) is 11.6 Å². The van der Waals surface area contributed by atoms with Crippen LogP contribution in [0.4, 0.5) is 8.78 Å². The number of benzene rings is 1. The van der Waals surface area contributed by atoms with Crippen LogP contribution in [0.15, 0.2) is 41.1 Å². The molecule has 1 saturated carbocycles. The van der Waals surface area contributed by atoms with Crippen LogP contribution < -0.4 is 9.46 Å². The Morgan fingerprint density at radius 2 is 2.03 bits per heavy atom. The summed E-state index contributed by atoms with van der Waals surface area (Å²) in [7, 11) is -3.38. The maximum Gasteiger partial charge on any atom is 0.208 e. The highest BCUT2D eigenvalue weighted by Crippen LogP contribution is 2.44. The van der Waals surface area contributed by atoms with Crippen molar-refractivity contribution in [3.8, 4) is 16.9 Å². The minimum Gasteiger partial charge on any atom is -0.483 e. The quantitative estimate of drug-likeness (QED) is 0.628. The van der Waals surface area contributed by atoms with E-state index < -0.39 is 27.1 Å². The molecule has 32 heavy (non-hydrogen) atoms. The Bertz CT molecular complexity index is 1290. The molecule has 0 radical (unpaired) electrons. The number of rotatable bonds is 2. The summed E-state index contributed by atoms with van der Waals surface area (Å²) in [5.74, 6) is -0.824. The summed E-state index contributed by atoms with van der Waals surface area (Å²) in [6.07, 6.45) is 5.74. The van der Waals surface area contributed by atoms with Crippen LogP contribution in [0.25, 0.3) is 11.1 Å². The highest BCUT2D eigenvalue weighted by Gasteiger charge is 2.45. The van der Waals surface area contributed by atoms with Gasteiger partial charge in [-0.3, -0.25) is 4.98 Å². The van der Waals surface area contributed by atoms with Crippen molar-refractivity contribution in [1.29, 1.82) is 0 Å². The van der Waals surface area contributed by atoms with E-state index >= 15 is 0 Å². The second-order valence-corrected chi connectivity index (χ2v) is 10.3. The number of aromatic nitrogens is 2. The maximum atomic E-state index is 14.7. The predicted molar refractivity (Wildman–Crippen MR) is 111 cm³/mol. The highest BCUT2D eigenvalue weighted by molar-refractivity contribution is 7.88. The van der Waals surface area contributed by atoms with Gasteiger partial charge in [-0.25, -0.2) is 26.9 Å². The fraction of sp³-hybridized carbons (Fsp3) is 0.364. The minimum absolute atomic E-state index is 0.0574. The third kappa shape index (κ3) is 3.88. The summed E-state index contributed by atoms with van der Waals surface area (Å²) < 4.78 is 67.0. The SMILES string of the molecule is CS(=O)(=O)N[C@H]1CC[C@@]2(Cc3cc(c(F)cn3)-c3cccc(F)c3OCc3coc2n3)C1. The van der Waals surface area contributed by atoms with Gasteiger partial charge in [0.1, 0.15) is 24.4 Å². The van der Waals surface area contributed by atoms with Crippen molar-refractivity contribution in [1.82, 2.24) is 14.7 Å². The van der Waals surface area contributed by atoms with Crippen molar-refractivity contribution in [2.75, 3.05) is 6.26 Å². The molecule has 2 aliphatic rings. The Kier molecular flexibility index (Phi) is 5.01. The van der Waals surface area contributed by atoms with E-state index in [1.807, 2.05) is 0 Å². The molecule has 0 unspecified atom stereocenters. The molecule has 2 aromatic heterocycles. The van der Waals surface area contributed by atoms with Gasteiger partial charge in [-0.05, 0) is 31.4 Å². The molecule has 3 aromatic rings. The van der Waals surface area contributed by atoms with Crippen LogP contribution in [0.1, 0.15) is 36.5 Å². The lowest BCUT2D eigenvalue weighted by Crippen LogP contribution is -2.35. The zero-order valence-corrected chi connectivity index (χ0v) is 18.1. The molecule has 4 bridgehead atoms. The van der Waals surface area contributed by atoms with Gasteiger partial charge in [0.25, 0.3) is 0 Å². The molecule has 1 fully saturated rings. The number of ether oxygens (including phenoxy) is 1. The van der Waals surface area contributed by atoms with Crippen molar-refractivity contribution in [2.24, 2.45) is 0 Å².